The number of nitrogens with zero attached hydrogens (tertiary/aromatic N) is 4. The number of hydrogen-bond donors (Lipinski definition) is 1. The molecule has 0 bridgehead atoms. The number of carboxylic acid groups (broad SMARTS) is 1. The molecule has 0 aliphatic carbocycles. The summed E-state index contributed by atoms with van der Waals surface area (Å²) >= 11 is 0. The van der Waals surface area contributed by atoms with Crippen LogP contribution in [0.1, 0.15) is 10.5 Å². The number of fused-ring (bicyclic) bond motifs is 1. The number of hydrogen-bond acceptors (Lipinski definition) is 4. The summed E-state index contributed by atoms with van der Waals surface area (Å²) in [6, 6.07) is 1.36. The fourth-order valence-electron chi connectivity index (χ4n) is 0.845. The van der Waals surface area contributed by atoms with Gasteiger partial charge in [0.25, 0.3) is 0 Å². The van der Waals surface area contributed by atoms with Crippen molar-refractivity contribution in [1.29, 1.82) is 0 Å². The molecule has 0 unspecified atom stereocenters. The summed E-state index contributed by atoms with van der Waals surface area (Å²) in [5, 5.41) is 12.3. The van der Waals surface area contributed by atoms with Gasteiger partial charge in [0.15, 0.2) is 11.3 Å². The summed E-state index contributed by atoms with van der Waals surface area (Å²) in [6.45, 7) is 0. The van der Waals surface area contributed by atoms with Gasteiger partial charge in [0.1, 0.15) is 12.7 Å². The molecule has 60 valence electrons. The first-order valence-electron chi connectivity index (χ1n) is 3.16. The molecule has 2 aromatic rings. The van der Waals surface area contributed by atoms with Crippen LogP contribution < -0.4 is 0 Å². The van der Waals surface area contributed by atoms with Crippen LogP contribution >= 0.6 is 0 Å². The molecule has 0 saturated carbocycles. The van der Waals surface area contributed by atoms with Crippen molar-refractivity contribution in [2.24, 2.45) is 0 Å². The molecule has 0 radical (unpaired) electrons. The van der Waals surface area contributed by atoms with Crippen molar-refractivity contribution in [1.82, 2.24) is 19.6 Å². The number of aromatic nitrogens is 4. The first-order chi connectivity index (χ1) is 5.77. The SMILES string of the molecule is O=C(O)c1cc2ncnn2cn1. The number of carboxylic acids is 1. The highest BCUT2D eigenvalue weighted by Gasteiger charge is 2.05. The van der Waals surface area contributed by atoms with Crippen molar-refractivity contribution >= 4 is 11.6 Å². The van der Waals surface area contributed by atoms with Crippen molar-refractivity contribution in [3.63, 3.8) is 0 Å². The third-order valence-corrected chi connectivity index (χ3v) is 1.39. The third-order valence-electron chi connectivity index (χ3n) is 1.39. The van der Waals surface area contributed by atoms with Crippen LogP contribution in [0.3, 0.4) is 0 Å². The van der Waals surface area contributed by atoms with Crippen LogP contribution in [0.25, 0.3) is 5.65 Å². The van der Waals surface area contributed by atoms with Crippen LogP contribution in [-0.4, -0.2) is 30.7 Å². The lowest BCUT2D eigenvalue weighted by Crippen LogP contribution is -2.01. The van der Waals surface area contributed by atoms with E-state index in [1.165, 1.54) is 23.2 Å². The molecule has 2 heterocycles. The molecule has 12 heavy (non-hydrogen) atoms. The summed E-state index contributed by atoms with van der Waals surface area (Å²) in [6.07, 6.45) is 2.65. The van der Waals surface area contributed by atoms with Gasteiger partial charge in [-0.1, -0.05) is 0 Å². The van der Waals surface area contributed by atoms with E-state index in [1.54, 1.807) is 0 Å². The highest BCUT2D eigenvalue weighted by atomic mass is 16.4. The second kappa shape index (κ2) is 2.26. The van der Waals surface area contributed by atoms with Gasteiger partial charge in [-0.05, 0) is 0 Å². The van der Waals surface area contributed by atoms with Gasteiger partial charge in [-0.25, -0.2) is 19.3 Å². The smallest absolute Gasteiger partial charge is 0.354 e. The molecule has 0 amide bonds. The minimum atomic E-state index is -1.07. The van der Waals surface area contributed by atoms with E-state index in [9.17, 15) is 4.79 Å². The standard InChI is InChI=1S/C6H4N4O2/c11-6(12)4-1-5-7-2-9-10(5)3-8-4/h1-3H,(H,11,12). The minimum Gasteiger partial charge on any atom is -0.477 e. The van der Waals surface area contributed by atoms with Gasteiger partial charge < -0.3 is 5.11 Å². The van der Waals surface area contributed by atoms with Gasteiger partial charge in [0, 0.05) is 6.07 Å². The maximum Gasteiger partial charge on any atom is 0.354 e. The minimum absolute atomic E-state index is 0.0319. The Kier molecular flexibility index (Phi) is 1.26. The Morgan fingerprint density at radius 2 is 2.33 bits per heavy atom. The first kappa shape index (κ1) is 6.71. The van der Waals surface area contributed by atoms with E-state index in [0.717, 1.165) is 0 Å². The second-order valence-corrected chi connectivity index (χ2v) is 2.14. The summed E-state index contributed by atoms with van der Waals surface area (Å²) in [5.41, 5.74) is 0.443. The maximum atomic E-state index is 10.4. The van der Waals surface area contributed by atoms with E-state index in [2.05, 4.69) is 15.1 Å². The highest BCUT2D eigenvalue weighted by molar-refractivity contribution is 5.86. The Balaban J connectivity index is 2.68. The summed E-state index contributed by atoms with van der Waals surface area (Å²) < 4.78 is 1.40. The molecule has 6 nitrogen and oxygen atoms in total. The zero-order valence-electron chi connectivity index (χ0n) is 5.88. The van der Waals surface area contributed by atoms with Crippen molar-refractivity contribution in [3.8, 4) is 0 Å². The lowest BCUT2D eigenvalue weighted by molar-refractivity contribution is 0.0690. The molecule has 0 aliphatic rings. The van der Waals surface area contributed by atoms with Crippen LogP contribution in [0.15, 0.2) is 18.7 Å². The monoisotopic (exact) mass is 164 g/mol. The van der Waals surface area contributed by atoms with Crippen molar-refractivity contribution in [3.05, 3.63) is 24.4 Å². The average Bonchev–Trinajstić information content (AvgIpc) is 2.49. The van der Waals surface area contributed by atoms with Gasteiger partial charge in [0.05, 0.1) is 0 Å². The van der Waals surface area contributed by atoms with Crippen molar-refractivity contribution < 1.29 is 9.90 Å². The summed E-state index contributed by atoms with van der Waals surface area (Å²) in [5.74, 6) is -1.07. The van der Waals surface area contributed by atoms with Crippen LogP contribution in [0.5, 0.6) is 0 Å². The normalized spacial score (nSPS) is 10.3. The lowest BCUT2D eigenvalue weighted by Gasteiger charge is -1.92. The van der Waals surface area contributed by atoms with Crippen LogP contribution in [0.2, 0.25) is 0 Å². The number of carbonyl (C=O) groups is 1. The van der Waals surface area contributed by atoms with E-state index in [-0.39, 0.29) is 5.69 Å². The molecular formula is C6H4N4O2. The zero-order chi connectivity index (χ0) is 8.55. The summed E-state index contributed by atoms with van der Waals surface area (Å²) in [4.78, 5) is 17.9. The van der Waals surface area contributed by atoms with Gasteiger partial charge >= 0.3 is 5.97 Å². The molecule has 6 heteroatoms. The Labute approximate surface area is 66.5 Å². The Hall–Kier alpha value is -1.98. The van der Waals surface area contributed by atoms with E-state index in [0.29, 0.717) is 5.65 Å². The highest BCUT2D eigenvalue weighted by Crippen LogP contribution is 1.99. The molecule has 0 aliphatic heterocycles. The van der Waals surface area contributed by atoms with Gasteiger partial charge in [0.2, 0.25) is 0 Å². The number of rotatable bonds is 1. The van der Waals surface area contributed by atoms with Gasteiger partial charge in [-0.2, -0.15) is 5.10 Å². The lowest BCUT2D eigenvalue weighted by atomic mass is 10.4. The maximum absolute atomic E-state index is 10.4. The molecule has 0 aromatic carbocycles. The fourth-order valence-corrected chi connectivity index (χ4v) is 0.845. The third kappa shape index (κ3) is 0.895. The molecule has 0 saturated heterocycles. The van der Waals surface area contributed by atoms with Gasteiger partial charge in [-0.15, -0.1) is 0 Å². The van der Waals surface area contributed by atoms with E-state index in [1.807, 2.05) is 0 Å². The Bertz CT molecular complexity index is 436. The zero-order valence-corrected chi connectivity index (χ0v) is 5.88. The molecule has 0 fully saturated rings. The topological polar surface area (TPSA) is 80.4 Å². The van der Waals surface area contributed by atoms with Crippen LogP contribution in [0, 0.1) is 0 Å². The van der Waals surface area contributed by atoms with Crippen LogP contribution in [0.4, 0.5) is 0 Å². The predicted molar refractivity (Wildman–Crippen MR) is 37.7 cm³/mol. The fraction of sp³-hybridized carbons (Fsp3) is 0. The molecular weight excluding hydrogens is 160 g/mol. The van der Waals surface area contributed by atoms with Crippen molar-refractivity contribution in [2.75, 3.05) is 0 Å². The quantitative estimate of drug-likeness (QED) is 0.632. The van der Waals surface area contributed by atoms with E-state index < -0.39 is 5.97 Å². The predicted octanol–water partition coefficient (Wildman–Crippen LogP) is -0.177. The summed E-state index contributed by atoms with van der Waals surface area (Å²) in [7, 11) is 0. The van der Waals surface area contributed by atoms with Gasteiger partial charge in [-0.3, -0.25) is 0 Å². The Morgan fingerprint density at radius 3 is 3.08 bits per heavy atom. The second-order valence-electron chi connectivity index (χ2n) is 2.14. The largest absolute Gasteiger partial charge is 0.477 e. The van der Waals surface area contributed by atoms with E-state index >= 15 is 0 Å². The van der Waals surface area contributed by atoms with Crippen molar-refractivity contribution in [2.45, 2.75) is 0 Å². The molecule has 0 atom stereocenters. The average molecular weight is 164 g/mol. The molecule has 2 rings (SSSR count). The first-order valence-corrected chi connectivity index (χ1v) is 3.16. The Morgan fingerprint density at radius 1 is 1.50 bits per heavy atom. The molecule has 2 aromatic heterocycles. The van der Waals surface area contributed by atoms with E-state index in [4.69, 9.17) is 5.11 Å². The number of aromatic carboxylic acids is 1. The molecule has 1 N–H and O–H groups in total. The molecule has 0 spiro atoms. The van der Waals surface area contributed by atoms with Crippen LogP contribution in [-0.2, 0) is 0 Å².